The third-order valence-corrected chi connectivity index (χ3v) is 4.14. The van der Waals surface area contributed by atoms with Gasteiger partial charge in [0.2, 0.25) is 0 Å². The van der Waals surface area contributed by atoms with Gasteiger partial charge in [0.05, 0.1) is 11.7 Å². The Morgan fingerprint density at radius 3 is 2.93 bits per heavy atom. The molecule has 1 unspecified atom stereocenters. The average molecular weight is 283 g/mol. The zero-order valence-corrected chi connectivity index (χ0v) is 10.7. The summed E-state index contributed by atoms with van der Waals surface area (Å²) >= 11 is 5.28. The molecule has 2 aromatic heterocycles. The van der Waals surface area contributed by atoms with Crippen LogP contribution in [0.2, 0.25) is 0 Å². The van der Waals surface area contributed by atoms with Gasteiger partial charge in [0.1, 0.15) is 0 Å². The van der Waals surface area contributed by atoms with E-state index in [1.807, 2.05) is 18.3 Å². The molecule has 0 saturated heterocycles. The van der Waals surface area contributed by atoms with Crippen molar-refractivity contribution in [3.8, 4) is 0 Å². The molecule has 0 aromatic carbocycles. The summed E-state index contributed by atoms with van der Waals surface area (Å²) < 4.78 is 1.16. The maximum atomic E-state index is 4.07. The number of aromatic nitrogens is 1. The van der Waals surface area contributed by atoms with E-state index in [1.54, 1.807) is 17.5 Å². The summed E-state index contributed by atoms with van der Waals surface area (Å²) in [6.45, 7) is 2.14. The number of anilines is 1. The molecule has 15 heavy (non-hydrogen) atoms. The number of nitrogens with zero attached hydrogens (tertiary/aromatic N) is 1. The topological polar surface area (TPSA) is 24.9 Å². The lowest BCUT2D eigenvalue weighted by Gasteiger charge is -2.13. The second-order valence-corrected chi connectivity index (χ2v) is 5.04. The van der Waals surface area contributed by atoms with Gasteiger partial charge in [0.15, 0.2) is 0 Å². The maximum absolute atomic E-state index is 4.07. The van der Waals surface area contributed by atoms with Crippen LogP contribution in [0, 0.1) is 0 Å². The monoisotopic (exact) mass is 282 g/mol. The predicted molar refractivity (Wildman–Crippen MR) is 68.3 cm³/mol. The molecule has 0 radical (unpaired) electrons. The summed E-state index contributed by atoms with van der Waals surface area (Å²) in [5, 5.41) is 5.49. The van der Waals surface area contributed by atoms with E-state index in [0.29, 0.717) is 6.04 Å². The van der Waals surface area contributed by atoms with Crippen LogP contribution in [0.25, 0.3) is 0 Å². The fourth-order valence-electron chi connectivity index (χ4n) is 1.38. The smallest absolute Gasteiger partial charge is 0.0590 e. The van der Waals surface area contributed by atoms with Crippen molar-refractivity contribution in [1.82, 2.24) is 4.98 Å². The van der Waals surface area contributed by atoms with Crippen LogP contribution < -0.4 is 5.32 Å². The largest absolute Gasteiger partial charge is 0.376 e. The molecule has 0 aliphatic rings. The van der Waals surface area contributed by atoms with Gasteiger partial charge in [-0.1, -0.05) is 0 Å². The molecular weight excluding hydrogens is 272 g/mol. The number of pyridine rings is 1. The van der Waals surface area contributed by atoms with Gasteiger partial charge in [-0.3, -0.25) is 4.98 Å². The Morgan fingerprint density at radius 1 is 1.47 bits per heavy atom. The fourth-order valence-corrected chi connectivity index (χ4v) is 3.10. The van der Waals surface area contributed by atoms with Gasteiger partial charge in [0.25, 0.3) is 0 Å². The van der Waals surface area contributed by atoms with Crippen LogP contribution in [0.15, 0.2) is 40.4 Å². The Kier molecular flexibility index (Phi) is 3.38. The molecule has 4 heteroatoms. The number of rotatable bonds is 3. The molecule has 0 saturated carbocycles. The van der Waals surface area contributed by atoms with E-state index in [0.717, 1.165) is 10.2 Å². The van der Waals surface area contributed by atoms with Gasteiger partial charge in [-0.05, 0) is 46.4 Å². The molecule has 0 aliphatic carbocycles. The van der Waals surface area contributed by atoms with Crippen LogP contribution in [-0.2, 0) is 0 Å². The van der Waals surface area contributed by atoms with Gasteiger partial charge in [-0.25, -0.2) is 0 Å². The lowest BCUT2D eigenvalue weighted by Crippen LogP contribution is -2.05. The highest BCUT2D eigenvalue weighted by Crippen LogP contribution is 2.30. The first-order valence-electron chi connectivity index (χ1n) is 4.67. The number of thiophene rings is 1. The Morgan fingerprint density at radius 2 is 2.33 bits per heavy atom. The second-order valence-electron chi connectivity index (χ2n) is 3.24. The minimum atomic E-state index is 0.295. The summed E-state index contributed by atoms with van der Waals surface area (Å²) in [5.74, 6) is 0. The minimum Gasteiger partial charge on any atom is -0.376 e. The molecule has 2 rings (SSSR count). The third kappa shape index (κ3) is 2.58. The highest BCUT2D eigenvalue weighted by Gasteiger charge is 2.10. The molecule has 0 amide bonds. The highest BCUT2D eigenvalue weighted by molar-refractivity contribution is 9.10. The molecule has 0 fully saturated rings. The van der Waals surface area contributed by atoms with Crippen LogP contribution in [0.3, 0.4) is 0 Å². The van der Waals surface area contributed by atoms with Crippen LogP contribution >= 0.6 is 27.3 Å². The van der Waals surface area contributed by atoms with Gasteiger partial charge >= 0.3 is 0 Å². The first kappa shape index (κ1) is 10.6. The molecule has 1 atom stereocenters. The van der Waals surface area contributed by atoms with Gasteiger partial charge < -0.3 is 5.32 Å². The van der Waals surface area contributed by atoms with Crippen molar-refractivity contribution in [3.05, 3.63) is 45.3 Å². The molecule has 2 nitrogen and oxygen atoms in total. The van der Waals surface area contributed by atoms with Crippen molar-refractivity contribution in [2.45, 2.75) is 13.0 Å². The van der Waals surface area contributed by atoms with Crippen molar-refractivity contribution >= 4 is 33.0 Å². The van der Waals surface area contributed by atoms with E-state index in [9.17, 15) is 0 Å². The van der Waals surface area contributed by atoms with Crippen LogP contribution in [0.5, 0.6) is 0 Å². The van der Waals surface area contributed by atoms with Crippen LogP contribution in [-0.4, -0.2) is 4.98 Å². The van der Waals surface area contributed by atoms with Crippen LogP contribution in [0.4, 0.5) is 5.69 Å². The highest BCUT2D eigenvalue weighted by atomic mass is 79.9. The van der Waals surface area contributed by atoms with Crippen molar-refractivity contribution in [2.75, 3.05) is 5.32 Å². The zero-order chi connectivity index (χ0) is 10.7. The van der Waals surface area contributed by atoms with Gasteiger partial charge in [0, 0.05) is 21.7 Å². The molecule has 0 aliphatic heterocycles. The molecule has 0 spiro atoms. The normalized spacial score (nSPS) is 12.4. The van der Waals surface area contributed by atoms with E-state index >= 15 is 0 Å². The molecule has 2 aromatic rings. The Hall–Kier alpha value is -0.870. The Bertz CT molecular complexity index is 427. The fraction of sp³-hybridized carbons (Fsp3) is 0.182. The van der Waals surface area contributed by atoms with Crippen molar-refractivity contribution < 1.29 is 0 Å². The zero-order valence-electron chi connectivity index (χ0n) is 8.27. The van der Waals surface area contributed by atoms with E-state index in [1.165, 1.54) is 4.88 Å². The number of nitrogens with one attached hydrogen (secondary N) is 1. The standard InChI is InChI=1S/C11H11BrN2S/c1-8(11-10(12)4-6-15-11)14-9-3-2-5-13-7-9/h2-8,14H,1H3. The molecular formula is C11H11BrN2S. The predicted octanol–water partition coefficient (Wildman–Crippen LogP) is 4.08. The molecule has 78 valence electrons. The second kappa shape index (κ2) is 4.77. The SMILES string of the molecule is CC(Nc1cccnc1)c1sccc1Br. The van der Waals surface area contributed by atoms with Crippen molar-refractivity contribution in [3.63, 3.8) is 0 Å². The summed E-state index contributed by atoms with van der Waals surface area (Å²) in [5.41, 5.74) is 1.05. The maximum Gasteiger partial charge on any atom is 0.0590 e. The first-order chi connectivity index (χ1) is 7.27. The van der Waals surface area contributed by atoms with E-state index < -0.39 is 0 Å². The van der Waals surface area contributed by atoms with E-state index in [4.69, 9.17) is 0 Å². The Balaban J connectivity index is 2.11. The molecule has 0 bridgehead atoms. The summed E-state index contributed by atoms with van der Waals surface area (Å²) in [6, 6.07) is 6.31. The van der Waals surface area contributed by atoms with E-state index in [-0.39, 0.29) is 0 Å². The van der Waals surface area contributed by atoms with E-state index in [2.05, 4.69) is 44.6 Å². The lowest BCUT2D eigenvalue weighted by atomic mass is 10.2. The molecule has 2 heterocycles. The first-order valence-corrected chi connectivity index (χ1v) is 6.34. The minimum absolute atomic E-state index is 0.295. The molecule has 1 N–H and O–H groups in total. The van der Waals surface area contributed by atoms with Crippen molar-refractivity contribution in [2.24, 2.45) is 0 Å². The summed E-state index contributed by atoms with van der Waals surface area (Å²) in [4.78, 5) is 5.38. The van der Waals surface area contributed by atoms with Crippen LogP contribution in [0.1, 0.15) is 17.8 Å². The van der Waals surface area contributed by atoms with Gasteiger partial charge in [-0.2, -0.15) is 0 Å². The van der Waals surface area contributed by atoms with Gasteiger partial charge in [-0.15, -0.1) is 11.3 Å². The summed E-state index contributed by atoms with van der Waals surface area (Å²) in [7, 11) is 0. The Labute approximate surface area is 101 Å². The quantitative estimate of drug-likeness (QED) is 0.918. The average Bonchev–Trinajstić information content (AvgIpc) is 2.66. The third-order valence-electron chi connectivity index (χ3n) is 2.08. The number of hydrogen-bond acceptors (Lipinski definition) is 3. The summed E-state index contributed by atoms with van der Waals surface area (Å²) in [6.07, 6.45) is 3.61. The van der Waals surface area contributed by atoms with Crippen molar-refractivity contribution in [1.29, 1.82) is 0 Å². The number of hydrogen-bond donors (Lipinski definition) is 1. The number of halogens is 1. The lowest BCUT2D eigenvalue weighted by molar-refractivity contribution is 0.901.